The highest BCUT2D eigenvalue weighted by Gasteiger charge is 2.07. The molecule has 2 aromatic rings. The Hall–Kier alpha value is -1.24. The lowest BCUT2D eigenvalue weighted by Crippen LogP contribution is -2.12. The van der Waals surface area contributed by atoms with Gasteiger partial charge in [-0.05, 0) is 18.2 Å². The predicted molar refractivity (Wildman–Crippen MR) is 70.2 cm³/mol. The lowest BCUT2D eigenvalue weighted by atomic mass is 10.2. The number of benzene rings is 1. The van der Waals surface area contributed by atoms with Crippen LogP contribution in [0, 0.1) is 0 Å². The first kappa shape index (κ1) is 12.2. The number of aromatic nitrogens is 1. The van der Waals surface area contributed by atoms with Crippen molar-refractivity contribution in [3.8, 4) is 0 Å². The third-order valence-corrected chi connectivity index (χ3v) is 4.33. The second-order valence-corrected chi connectivity index (χ2v) is 5.62. The van der Waals surface area contributed by atoms with E-state index in [0.717, 1.165) is 9.24 Å². The van der Waals surface area contributed by atoms with Crippen molar-refractivity contribution in [1.82, 2.24) is 4.98 Å². The Labute approximate surface area is 111 Å². The zero-order valence-electron chi connectivity index (χ0n) is 8.50. The van der Waals surface area contributed by atoms with E-state index in [2.05, 4.69) is 10.1 Å². The zero-order chi connectivity index (χ0) is 12.3. The van der Waals surface area contributed by atoms with Gasteiger partial charge in [0.05, 0.1) is 5.02 Å². The molecule has 0 amide bonds. The molecule has 2 rings (SSSR count). The van der Waals surface area contributed by atoms with Crippen molar-refractivity contribution in [2.45, 2.75) is 9.24 Å². The van der Waals surface area contributed by atoms with Gasteiger partial charge in [-0.15, -0.1) is 11.3 Å². The monoisotopic (exact) mass is 285 g/mol. The molecule has 88 valence electrons. The third-order valence-electron chi connectivity index (χ3n) is 1.94. The van der Waals surface area contributed by atoms with Crippen molar-refractivity contribution < 1.29 is 5.21 Å². The lowest BCUT2D eigenvalue weighted by molar-refractivity contribution is 0.318. The van der Waals surface area contributed by atoms with Crippen molar-refractivity contribution >= 4 is 40.5 Å². The SMILES string of the molecule is NC(=NO)c1ccc(Sc2nccs2)c(Cl)c1. The van der Waals surface area contributed by atoms with Crippen molar-refractivity contribution in [2.75, 3.05) is 0 Å². The molecule has 0 unspecified atom stereocenters. The lowest BCUT2D eigenvalue weighted by Gasteiger charge is -2.04. The number of rotatable bonds is 3. The third kappa shape index (κ3) is 2.91. The first-order valence-corrected chi connectivity index (χ1v) is 6.63. The number of halogens is 1. The van der Waals surface area contributed by atoms with Gasteiger partial charge in [0.1, 0.15) is 0 Å². The normalized spacial score (nSPS) is 11.7. The zero-order valence-corrected chi connectivity index (χ0v) is 10.9. The van der Waals surface area contributed by atoms with Crippen LogP contribution < -0.4 is 5.73 Å². The minimum Gasteiger partial charge on any atom is -0.409 e. The Morgan fingerprint density at radius 2 is 2.35 bits per heavy atom. The van der Waals surface area contributed by atoms with Gasteiger partial charge >= 0.3 is 0 Å². The molecular weight excluding hydrogens is 278 g/mol. The van der Waals surface area contributed by atoms with Crippen LogP contribution in [0.4, 0.5) is 0 Å². The number of hydrogen-bond acceptors (Lipinski definition) is 5. The molecule has 1 aromatic carbocycles. The van der Waals surface area contributed by atoms with Crippen molar-refractivity contribution in [2.24, 2.45) is 10.9 Å². The quantitative estimate of drug-likeness (QED) is 0.393. The minimum atomic E-state index is 0.0395. The van der Waals surface area contributed by atoms with Crippen molar-refractivity contribution in [1.29, 1.82) is 0 Å². The first-order valence-electron chi connectivity index (χ1n) is 4.55. The van der Waals surface area contributed by atoms with E-state index < -0.39 is 0 Å². The first-order chi connectivity index (χ1) is 8.20. The number of amidine groups is 1. The predicted octanol–water partition coefficient (Wildman–Crippen LogP) is 3.04. The van der Waals surface area contributed by atoms with Crippen molar-refractivity contribution in [3.05, 3.63) is 40.4 Å². The number of thiazole rings is 1. The average molecular weight is 286 g/mol. The number of oxime groups is 1. The van der Waals surface area contributed by atoms with Gasteiger partial charge in [-0.1, -0.05) is 28.5 Å². The van der Waals surface area contributed by atoms with Gasteiger partial charge in [0, 0.05) is 22.0 Å². The molecule has 17 heavy (non-hydrogen) atoms. The summed E-state index contributed by atoms with van der Waals surface area (Å²) in [4.78, 5) is 5.05. The van der Waals surface area contributed by atoms with E-state index in [-0.39, 0.29) is 5.84 Å². The summed E-state index contributed by atoms with van der Waals surface area (Å²) in [6, 6.07) is 5.23. The van der Waals surface area contributed by atoms with E-state index in [1.54, 1.807) is 29.7 Å². The van der Waals surface area contributed by atoms with Crippen LogP contribution >= 0.6 is 34.7 Å². The van der Waals surface area contributed by atoms with Gasteiger partial charge in [0.25, 0.3) is 0 Å². The summed E-state index contributed by atoms with van der Waals surface area (Å²) in [5.41, 5.74) is 6.06. The number of nitrogens with zero attached hydrogens (tertiary/aromatic N) is 2. The Kier molecular flexibility index (Phi) is 3.88. The molecule has 1 heterocycles. The second kappa shape index (κ2) is 5.39. The summed E-state index contributed by atoms with van der Waals surface area (Å²) in [6.07, 6.45) is 1.74. The molecule has 4 nitrogen and oxygen atoms in total. The van der Waals surface area contributed by atoms with E-state index in [1.165, 1.54) is 11.8 Å². The molecule has 0 aliphatic rings. The second-order valence-electron chi connectivity index (χ2n) is 3.03. The van der Waals surface area contributed by atoms with Crippen LogP contribution in [-0.4, -0.2) is 16.0 Å². The largest absolute Gasteiger partial charge is 0.409 e. The Balaban J connectivity index is 2.26. The maximum Gasteiger partial charge on any atom is 0.170 e. The Morgan fingerprint density at radius 3 is 2.94 bits per heavy atom. The van der Waals surface area contributed by atoms with Gasteiger partial charge in [-0.2, -0.15) is 0 Å². The van der Waals surface area contributed by atoms with Crippen LogP contribution in [0.25, 0.3) is 0 Å². The summed E-state index contributed by atoms with van der Waals surface area (Å²) in [5.74, 6) is 0.0395. The molecule has 0 saturated carbocycles. The minimum absolute atomic E-state index is 0.0395. The Bertz CT molecular complexity index is 542. The number of hydrogen-bond donors (Lipinski definition) is 2. The van der Waals surface area contributed by atoms with E-state index in [4.69, 9.17) is 22.5 Å². The van der Waals surface area contributed by atoms with Gasteiger partial charge < -0.3 is 10.9 Å². The molecule has 0 fully saturated rings. The fourth-order valence-corrected chi connectivity index (χ4v) is 3.03. The van der Waals surface area contributed by atoms with Gasteiger partial charge in [-0.25, -0.2) is 4.98 Å². The fraction of sp³-hybridized carbons (Fsp3) is 0. The fourth-order valence-electron chi connectivity index (χ4n) is 1.16. The van der Waals surface area contributed by atoms with E-state index in [1.807, 2.05) is 11.4 Å². The summed E-state index contributed by atoms with van der Waals surface area (Å²) in [5, 5.41) is 13.9. The van der Waals surface area contributed by atoms with E-state index >= 15 is 0 Å². The van der Waals surface area contributed by atoms with Crippen LogP contribution in [0.1, 0.15) is 5.56 Å². The van der Waals surface area contributed by atoms with Crippen molar-refractivity contribution in [3.63, 3.8) is 0 Å². The van der Waals surface area contributed by atoms with E-state index in [0.29, 0.717) is 10.6 Å². The maximum atomic E-state index is 8.56. The van der Waals surface area contributed by atoms with Gasteiger partial charge in [-0.3, -0.25) is 0 Å². The molecular formula is C10H8ClN3OS2. The molecule has 0 atom stereocenters. The highest BCUT2D eigenvalue weighted by atomic mass is 35.5. The average Bonchev–Trinajstić information content (AvgIpc) is 2.83. The Morgan fingerprint density at radius 1 is 1.53 bits per heavy atom. The smallest absolute Gasteiger partial charge is 0.170 e. The molecule has 7 heteroatoms. The number of nitrogens with two attached hydrogens (primary N) is 1. The standard InChI is InChI=1S/C10H8ClN3OS2/c11-7-5-6(9(12)14-15)1-2-8(7)17-10-13-3-4-16-10/h1-5,15H,(H2,12,14). The van der Waals surface area contributed by atoms with Crippen LogP contribution in [-0.2, 0) is 0 Å². The summed E-state index contributed by atoms with van der Waals surface area (Å²) in [6.45, 7) is 0. The van der Waals surface area contributed by atoms with Gasteiger partial charge in [0.15, 0.2) is 10.2 Å². The topological polar surface area (TPSA) is 71.5 Å². The molecule has 0 aliphatic heterocycles. The van der Waals surface area contributed by atoms with Crippen LogP contribution in [0.5, 0.6) is 0 Å². The summed E-state index contributed by atoms with van der Waals surface area (Å²) >= 11 is 9.14. The molecule has 0 aliphatic carbocycles. The van der Waals surface area contributed by atoms with Crippen LogP contribution in [0.2, 0.25) is 5.02 Å². The molecule has 0 bridgehead atoms. The molecule has 0 saturated heterocycles. The molecule has 0 radical (unpaired) electrons. The molecule has 3 N–H and O–H groups in total. The van der Waals surface area contributed by atoms with Crippen LogP contribution in [0.3, 0.4) is 0 Å². The summed E-state index contributed by atoms with van der Waals surface area (Å²) in [7, 11) is 0. The maximum absolute atomic E-state index is 8.56. The highest BCUT2D eigenvalue weighted by Crippen LogP contribution is 2.34. The van der Waals surface area contributed by atoms with Gasteiger partial charge in [0.2, 0.25) is 0 Å². The summed E-state index contributed by atoms with van der Waals surface area (Å²) < 4.78 is 0.920. The molecule has 1 aromatic heterocycles. The molecule has 0 spiro atoms. The highest BCUT2D eigenvalue weighted by molar-refractivity contribution is 8.01. The van der Waals surface area contributed by atoms with Crippen LogP contribution in [0.15, 0.2) is 44.2 Å². The van der Waals surface area contributed by atoms with E-state index in [9.17, 15) is 0 Å².